The SMILES string of the molecule is COc1cncc([C@@H]2CN(Cc3ccc(C)c(C)c3)C3(CC3)[C@H]2C#N)c1. The molecule has 1 aliphatic carbocycles. The second-order valence-electron chi connectivity index (χ2n) is 7.77. The molecule has 134 valence electrons. The Balaban J connectivity index is 1.63. The molecule has 0 radical (unpaired) electrons. The van der Waals surface area contributed by atoms with E-state index in [-0.39, 0.29) is 17.4 Å². The lowest BCUT2D eigenvalue weighted by molar-refractivity contribution is 0.211. The first-order chi connectivity index (χ1) is 12.6. The lowest BCUT2D eigenvalue weighted by Crippen LogP contribution is -2.34. The summed E-state index contributed by atoms with van der Waals surface area (Å²) in [6.07, 6.45) is 5.85. The van der Waals surface area contributed by atoms with Crippen LogP contribution in [-0.4, -0.2) is 29.1 Å². The van der Waals surface area contributed by atoms with E-state index < -0.39 is 0 Å². The minimum absolute atomic E-state index is 0.0166. The van der Waals surface area contributed by atoms with E-state index in [2.05, 4.69) is 48.0 Å². The summed E-state index contributed by atoms with van der Waals surface area (Å²) in [5, 5.41) is 9.94. The Kier molecular flexibility index (Phi) is 4.20. The van der Waals surface area contributed by atoms with E-state index in [1.807, 2.05) is 12.3 Å². The van der Waals surface area contributed by atoms with Gasteiger partial charge in [0.15, 0.2) is 0 Å². The van der Waals surface area contributed by atoms with Crippen molar-refractivity contribution in [1.82, 2.24) is 9.88 Å². The Morgan fingerprint density at radius 1 is 1.23 bits per heavy atom. The third-order valence-electron chi connectivity index (χ3n) is 6.27. The molecule has 1 aliphatic heterocycles. The molecule has 0 amide bonds. The van der Waals surface area contributed by atoms with Gasteiger partial charge in [0.1, 0.15) is 5.75 Å². The number of benzene rings is 1. The van der Waals surface area contributed by atoms with Crippen molar-refractivity contribution in [2.24, 2.45) is 5.92 Å². The number of likely N-dealkylation sites (tertiary alicyclic amines) is 1. The van der Waals surface area contributed by atoms with Crippen LogP contribution in [-0.2, 0) is 6.54 Å². The summed E-state index contributed by atoms with van der Waals surface area (Å²) in [6.45, 7) is 6.13. The van der Waals surface area contributed by atoms with Crippen LogP contribution >= 0.6 is 0 Å². The molecule has 2 fully saturated rings. The van der Waals surface area contributed by atoms with Gasteiger partial charge in [-0.3, -0.25) is 9.88 Å². The van der Waals surface area contributed by atoms with Gasteiger partial charge in [-0.05, 0) is 55.0 Å². The van der Waals surface area contributed by atoms with Gasteiger partial charge in [-0.2, -0.15) is 5.26 Å². The second kappa shape index (κ2) is 6.41. The third kappa shape index (κ3) is 2.77. The van der Waals surface area contributed by atoms with Crippen molar-refractivity contribution >= 4 is 0 Å². The first-order valence-corrected chi connectivity index (χ1v) is 9.27. The van der Waals surface area contributed by atoms with Gasteiger partial charge in [0.05, 0.1) is 25.3 Å². The predicted molar refractivity (Wildman–Crippen MR) is 101 cm³/mol. The van der Waals surface area contributed by atoms with E-state index >= 15 is 0 Å². The zero-order chi connectivity index (χ0) is 18.3. The zero-order valence-electron chi connectivity index (χ0n) is 15.7. The van der Waals surface area contributed by atoms with Gasteiger partial charge in [-0.15, -0.1) is 0 Å². The first-order valence-electron chi connectivity index (χ1n) is 9.27. The molecule has 4 rings (SSSR count). The number of hydrogen-bond donors (Lipinski definition) is 0. The summed E-state index contributed by atoms with van der Waals surface area (Å²) in [4.78, 5) is 6.85. The lowest BCUT2D eigenvalue weighted by Gasteiger charge is -2.25. The Labute approximate surface area is 155 Å². The van der Waals surface area contributed by atoms with Crippen molar-refractivity contribution in [1.29, 1.82) is 5.26 Å². The molecule has 2 atom stereocenters. The number of nitriles is 1. The highest BCUT2D eigenvalue weighted by atomic mass is 16.5. The first kappa shape index (κ1) is 17.1. The number of pyridine rings is 1. The number of hydrogen-bond acceptors (Lipinski definition) is 4. The van der Waals surface area contributed by atoms with Crippen LogP contribution in [0.4, 0.5) is 0 Å². The van der Waals surface area contributed by atoms with Gasteiger partial charge in [-0.25, -0.2) is 0 Å². The van der Waals surface area contributed by atoms with E-state index in [9.17, 15) is 5.26 Å². The number of aryl methyl sites for hydroxylation is 2. The monoisotopic (exact) mass is 347 g/mol. The summed E-state index contributed by atoms with van der Waals surface area (Å²) >= 11 is 0. The average molecular weight is 347 g/mol. The smallest absolute Gasteiger partial charge is 0.137 e. The molecule has 2 aliphatic rings. The molecule has 1 saturated heterocycles. The lowest BCUT2D eigenvalue weighted by atomic mass is 9.85. The van der Waals surface area contributed by atoms with Crippen LogP contribution in [0.5, 0.6) is 5.75 Å². The standard InChI is InChI=1S/C22H25N3O/c1-15-4-5-17(8-16(15)2)13-25-14-20(21(10-23)22(25)6-7-22)18-9-19(26-3)12-24-11-18/h4-5,8-9,11-12,20-21H,6-7,13-14H2,1-3H3/t20-,21-/m0/s1. The molecule has 2 heterocycles. The highest BCUT2D eigenvalue weighted by Crippen LogP contribution is 2.58. The summed E-state index contributed by atoms with van der Waals surface area (Å²) in [5.74, 6) is 0.969. The van der Waals surface area contributed by atoms with Crippen LogP contribution in [0.15, 0.2) is 36.7 Å². The second-order valence-corrected chi connectivity index (χ2v) is 7.77. The van der Waals surface area contributed by atoms with Gasteiger partial charge in [-0.1, -0.05) is 18.2 Å². The number of methoxy groups -OCH3 is 1. The molecule has 0 unspecified atom stereocenters. The van der Waals surface area contributed by atoms with E-state index in [4.69, 9.17) is 4.74 Å². The minimum atomic E-state index is 0.0166. The van der Waals surface area contributed by atoms with Crippen molar-refractivity contribution in [2.45, 2.75) is 44.7 Å². The van der Waals surface area contributed by atoms with Gasteiger partial charge in [0.25, 0.3) is 0 Å². The molecule has 0 N–H and O–H groups in total. The maximum absolute atomic E-state index is 9.94. The maximum atomic E-state index is 9.94. The van der Waals surface area contributed by atoms with Crippen molar-refractivity contribution in [3.05, 3.63) is 58.9 Å². The largest absolute Gasteiger partial charge is 0.495 e. The summed E-state index contributed by atoms with van der Waals surface area (Å²) in [6, 6.07) is 11.4. The van der Waals surface area contributed by atoms with E-state index in [1.165, 1.54) is 16.7 Å². The molecule has 4 nitrogen and oxygen atoms in total. The number of ether oxygens (including phenoxy) is 1. The fourth-order valence-electron chi connectivity index (χ4n) is 4.45. The highest BCUT2D eigenvalue weighted by Gasteiger charge is 2.61. The van der Waals surface area contributed by atoms with Crippen LogP contribution < -0.4 is 4.74 Å². The molecule has 1 aromatic heterocycles. The fourth-order valence-corrected chi connectivity index (χ4v) is 4.45. The van der Waals surface area contributed by atoms with Crippen molar-refractivity contribution in [3.63, 3.8) is 0 Å². The number of nitrogens with zero attached hydrogens (tertiary/aromatic N) is 3. The molecule has 0 bridgehead atoms. The highest BCUT2D eigenvalue weighted by molar-refractivity contribution is 5.35. The van der Waals surface area contributed by atoms with Crippen LogP contribution in [0.2, 0.25) is 0 Å². The van der Waals surface area contributed by atoms with Crippen molar-refractivity contribution in [2.75, 3.05) is 13.7 Å². The number of rotatable bonds is 4. The quantitative estimate of drug-likeness (QED) is 0.839. The molecule has 1 saturated carbocycles. The fraction of sp³-hybridized carbons (Fsp3) is 0.455. The summed E-state index contributed by atoms with van der Waals surface area (Å²) in [7, 11) is 1.66. The molecule has 1 aromatic carbocycles. The van der Waals surface area contributed by atoms with E-state index in [0.29, 0.717) is 0 Å². The molecule has 26 heavy (non-hydrogen) atoms. The van der Waals surface area contributed by atoms with Crippen molar-refractivity contribution in [3.8, 4) is 11.8 Å². The molecular formula is C22H25N3O. The van der Waals surface area contributed by atoms with Gasteiger partial charge >= 0.3 is 0 Å². The van der Waals surface area contributed by atoms with E-state index in [0.717, 1.165) is 37.2 Å². The van der Waals surface area contributed by atoms with Gasteiger partial charge in [0, 0.05) is 30.7 Å². The van der Waals surface area contributed by atoms with Crippen LogP contribution in [0.1, 0.15) is 41.0 Å². The topological polar surface area (TPSA) is 49.1 Å². The van der Waals surface area contributed by atoms with Crippen LogP contribution in [0, 0.1) is 31.1 Å². The van der Waals surface area contributed by atoms with Crippen molar-refractivity contribution < 1.29 is 4.74 Å². The van der Waals surface area contributed by atoms with Gasteiger partial charge in [0.2, 0.25) is 0 Å². The summed E-state index contributed by atoms with van der Waals surface area (Å²) < 4.78 is 5.34. The third-order valence-corrected chi connectivity index (χ3v) is 6.27. The van der Waals surface area contributed by atoms with Gasteiger partial charge < -0.3 is 4.74 Å². The Hall–Kier alpha value is -2.38. The van der Waals surface area contributed by atoms with E-state index in [1.54, 1.807) is 13.3 Å². The maximum Gasteiger partial charge on any atom is 0.137 e. The number of aromatic nitrogens is 1. The predicted octanol–water partition coefficient (Wildman–Crippen LogP) is 3.98. The molecule has 4 heteroatoms. The Morgan fingerprint density at radius 3 is 2.69 bits per heavy atom. The van der Waals surface area contributed by atoms with Crippen LogP contribution in [0.3, 0.4) is 0 Å². The van der Waals surface area contributed by atoms with Crippen LogP contribution in [0.25, 0.3) is 0 Å². The Bertz CT molecular complexity index is 866. The summed E-state index contributed by atoms with van der Waals surface area (Å²) in [5.41, 5.74) is 5.15. The molecule has 1 spiro atoms. The molecular weight excluding hydrogens is 322 g/mol. The average Bonchev–Trinajstić information content (AvgIpc) is 3.38. The molecule has 2 aromatic rings. The normalized spacial score (nSPS) is 23.8. The zero-order valence-corrected chi connectivity index (χ0v) is 15.7. The minimum Gasteiger partial charge on any atom is -0.495 e. The Morgan fingerprint density at radius 2 is 2.04 bits per heavy atom.